The van der Waals surface area contributed by atoms with Crippen LogP contribution in [-0.2, 0) is 11.0 Å². The minimum absolute atomic E-state index is 0.702. The van der Waals surface area contributed by atoms with E-state index in [0.29, 0.717) is 5.58 Å². The number of hydrogen-bond donors (Lipinski definition) is 0. The zero-order valence-electron chi connectivity index (χ0n) is 11.9. The molecule has 1 atom stereocenters. The van der Waals surface area contributed by atoms with Gasteiger partial charge in [-0.05, 0) is 40.3 Å². The van der Waals surface area contributed by atoms with Crippen molar-refractivity contribution in [2.24, 2.45) is 0 Å². The summed E-state index contributed by atoms with van der Waals surface area (Å²) >= 11 is 0. The maximum Gasteiger partial charge on any atom is 0.597 e. The van der Waals surface area contributed by atoms with E-state index in [1.165, 1.54) is 11.1 Å². The Bertz CT molecular complexity index is 1020. The Balaban J connectivity index is 1.93. The number of rotatable bonds is 2. The van der Waals surface area contributed by atoms with E-state index < -0.39 is 7.65 Å². The van der Waals surface area contributed by atoms with Crippen molar-refractivity contribution in [3.8, 4) is 0 Å². The number of benzene rings is 3. The minimum Gasteiger partial charge on any atom is -0.250 e. The summed E-state index contributed by atoms with van der Waals surface area (Å²) in [5.74, 6) is 0. The number of fused-ring (bicyclic) bond motifs is 3. The molecule has 0 aliphatic heterocycles. The van der Waals surface area contributed by atoms with E-state index in [1.807, 2.05) is 54.6 Å². The Morgan fingerprint density at radius 1 is 0.773 bits per heavy atom. The first-order valence-corrected chi connectivity index (χ1v) is 8.40. The lowest BCUT2D eigenvalue weighted by Crippen LogP contribution is -1.87. The van der Waals surface area contributed by atoms with E-state index in [9.17, 15) is 4.57 Å². The molecule has 0 N–H and O–H groups in total. The van der Waals surface area contributed by atoms with E-state index in [2.05, 4.69) is 18.2 Å². The van der Waals surface area contributed by atoms with Crippen molar-refractivity contribution in [1.29, 1.82) is 0 Å². The first kappa shape index (κ1) is 13.2. The maximum absolute atomic E-state index is 12.2. The second kappa shape index (κ2) is 5.40. The fourth-order valence-corrected chi connectivity index (χ4v) is 3.82. The van der Waals surface area contributed by atoms with Crippen molar-refractivity contribution in [1.82, 2.24) is 0 Å². The van der Waals surface area contributed by atoms with Gasteiger partial charge in [-0.2, -0.15) is 0 Å². The fourth-order valence-electron chi connectivity index (χ4n) is 2.81. The number of para-hydroxylation sites is 1. The molecule has 4 rings (SSSR count). The molecule has 1 unspecified atom stereocenters. The summed E-state index contributed by atoms with van der Waals surface area (Å²) in [6.07, 6.45) is 0.869. The van der Waals surface area contributed by atoms with Crippen LogP contribution in [0.4, 0.5) is 0 Å². The van der Waals surface area contributed by atoms with E-state index >= 15 is 0 Å². The van der Waals surface area contributed by atoms with Gasteiger partial charge in [0.1, 0.15) is 0 Å². The Morgan fingerprint density at radius 3 is 2.41 bits per heavy atom. The summed E-state index contributed by atoms with van der Waals surface area (Å²) in [4.78, 5) is 0. The highest BCUT2D eigenvalue weighted by molar-refractivity contribution is 7.37. The molecule has 0 fully saturated rings. The molecule has 0 aliphatic carbocycles. The van der Waals surface area contributed by atoms with Gasteiger partial charge in [0.2, 0.25) is 5.12 Å². The van der Waals surface area contributed by atoms with Gasteiger partial charge in [-0.1, -0.05) is 54.6 Å². The van der Waals surface area contributed by atoms with Crippen LogP contribution in [-0.4, -0.2) is 0 Å². The van der Waals surface area contributed by atoms with Gasteiger partial charge >= 0.3 is 7.65 Å². The Hall–Kier alpha value is -2.44. The van der Waals surface area contributed by atoms with Crippen molar-refractivity contribution >= 4 is 29.1 Å². The van der Waals surface area contributed by atoms with Crippen molar-refractivity contribution in [2.75, 3.05) is 0 Å². The SMILES string of the molecule is O=[p+]1oc2ccccc2c2cc(Cc3ccccc3)ccc21. The monoisotopic (exact) mass is 305 g/mol. The highest BCUT2D eigenvalue weighted by atomic mass is 31.1. The molecule has 0 saturated carbocycles. The smallest absolute Gasteiger partial charge is 0.250 e. The van der Waals surface area contributed by atoms with Gasteiger partial charge in [-0.25, -0.2) is 4.20 Å². The molecule has 0 aliphatic rings. The summed E-state index contributed by atoms with van der Waals surface area (Å²) in [6, 6.07) is 24.2. The lowest BCUT2D eigenvalue weighted by Gasteiger charge is -2.03. The second-order valence-electron chi connectivity index (χ2n) is 5.36. The third-order valence-corrected chi connectivity index (χ3v) is 5.01. The van der Waals surface area contributed by atoms with Crippen LogP contribution < -0.4 is 0 Å². The maximum atomic E-state index is 12.2. The van der Waals surface area contributed by atoms with Crippen LogP contribution in [0.15, 0.2) is 77.0 Å². The Morgan fingerprint density at radius 2 is 1.55 bits per heavy atom. The van der Waals surface area contributed by atoms with Gasteiger partial charge in [0, 0.05) is 10.8 Å². The van der Waals surface area contributed by atoms with Gasteiger partial charge in [0.15, 0.2) is 5.58 Å². The van der Waals surface area contributed by atoms with Crippen LogP contribution in [0.2, 0.25) is 0 Å². The van der Waals surface area contributed by atoms with Gasteiger partial charge in [-0.3, -0.25) is 0 Å². The summed E-state index contributed by atoms with van der Waals surface area (Å²) in [7, 11) is -1.82. The molecule has 0 amide bonds. The number of hydrogen-bond acceptors (Lipinski definition) is 2. The Labute approximate surface area is 128 Å². The molecule has 0 radical (unpaired) electrons. The van der Waals surface area contributed by atoms with Crippen molar-refractivity contribution < 1.29 is 8.76 Å². The van der Waals surface area contributed by atoms with E-state index in [1.54, 1.807) is 0 Å². The molecule has 1 aromatic heterocycles. The van der Waals surface area contributed by atoms with E-state index in [-0.39, 0.29) is 0 Å². The lowest BCUT2D eigenvalue weighted by atomic mass is 10.0. The van der Waals surface area contributed by atoms with Crippen LogP contribution in [0, 0.1) is 0 Å². The average molecular weight is 305 g/mol. The highest BCUT2D eigenvalue weighted by Crippen LogP contribution is 2.35. The molecule has 106 valence electrons. The van der Waals surface area contributed by atoms with Crippen LogP contribution in [0.1, 0.15) is 11.1 Å². The summed E-state index contributed by atoms with van der Waals surface area (Å²) < 4.78 is 17.8. The fraction of sp³-hybridized carbons (Fsp3) is 0.0526. The molecule has 2 nitrogen and oxygen atoms in total. The minimum atomic E-state index is -1.82. The Kier molecular flexibility index (Phi) is 3.25. The van der Waals surface area contributed by atoms with Crippen molar-refractivity contribution in [2.45, 2.75) is 6.42 Å². The van der Waals surface area contributed by atoms with E-state index in [0.717, 1.165) is 22.3 Å². The second-order valence-corrected chi connectivity index (χ2v) is 6.54. The quantitative estimate of drug-likeness (QED) is 0.430. The predicted molar refractivity (Wildman–Crippen MR) is 90.6 cm³/mol. The first-order valence-electron chi connectivity index (χ1n) is 7.23. The lowest BCUT2D eigenvalue weighted by molar-refractivity contribution is 0.563. The van der Waals surface area contributed by atoms with Gasteiger partial charge in [-0.15, -0.1) is 0 Å². The molecule has 1 heterocycles. The van der Waals surface area contributed by atoms with Crippen molar-refractivity contribution in [3.05, 3.63) is 83.9 Å². The molecule has 3 aromatic carbocycles. The molecule has 0 bridgehead atoms. The molecule has 3 heteroatoms. The van der Waals surface area contributed by atoms with Crippen LogP contribution in [0.3, 0.4) is 0 Å². The highest BCUT2D eigenvalue weighted by Gasteiger charge is 2.16. The van der Waals surface area contributed by atoms with Crippen LogP contribution >= 0.6 is 7.65 Å². The third-order valence-electron chi connectivity index (χ3n) is 3.87. The third kappa shape index (κ3) is 2.32. The van der Waals surface area contributed by atoms with Gasteiger partial charge in [0.05, 0.1) is 0 Å². The first-order chi connectivity index (χ1) is 10.8. The largest absolute Gasteiger partial charge is 0.597 e. The average Bonchev–Trinajstić information content (AvgIpc) is 2.56. The van der Waals surface area contributed by atoms with Crippen molar-refractivity contribution in [3.63, 3.8) is 0 Å². The van der Waals surface area contributed by atoms with Gasteiger partial charge < -0.3 is 0 Å². The molecule has 22 heavy (non-hydrogen) atoms. The molecule has 0 saturated heterocycles. The summed E-state index contributed by atoms with van der Waals surface area (Å²) in [5, 5.41) is 2.82. The molecule has 4 aromatic rings. The zero-order chi connectivity index (χ0) is 14.9. The molecule has 0 spiro atoms. The van der Waals surface area contributed by atoms with Crippen LogP contribution in [0.5, 0.6) is 0 Å². The van der Waals surface area contributed by atoms with E-state index in [4.69, 9.17) is 4.20 Å². The summed E-state index contributed by atoms with van der Waals surface area (Å²) in [5.41, 5.74) is 3.19. The van der Waals surface area contributed by atoms with Crippen LogP contribution in [0.25, 0.3) is 21.5 Å². The van der Waals surface area contributed by atoms with Gasteiger partial charge in [0.25, 0.3) is 0 Å². The standard InChI is InChI=1S/C19H14O2P/c20-22-19-11-10-15(12-14-6-2-1-3-7-14)13-17(19)16-8-4-5-9-18(16)21-22/h1-11,13H,12H2/q+1. The molecular weight excluding hydrogens is 291 g/mol. The normalized spacial score (nSPS) is 11.9. The summed E-state index contributed by atoms with van der Waals surface area (Å²) in [6.45, 7) is 0. The molecular formula is C19H14O2P+. The topological polar surface area (TPSA) is 30.2 Å². The predicted octanol–water partition coefficient (Wildman–Crippen LogP) is 5.92. The zero-order valence-corrected chi connectivity index (χ0v) is 12.8.